The summed E-state index contributed by atoms with van der Waals surface area (Å²) in [7, 11) is 0. The third-order valence-corrected chi connectivity index (χ3v) is 4.78. The van der Waals surface area contributed by atoms with Gasteiger partial charge in [-0.25, -0.2) is 0 Å². The van der Waals surface area contributed by atoms with Crippen LogP contribution in [0.5, 0.6) is 0 Å². The van der Waals surface area contributed by atoms with E-state index in [1.165, 1.54) is 4.90 Å². The van der Waals surface area contributed by atoms with Crippen molar-refractivity contribution >= 4 is 0 Å². The van der Waals surface area contributed by atoms with E-state index in [0.29, 0.717) is 6.54 Å². The van der Waals surface area contributed by atoms with Crippen LogP contribution in [-0.2, 0) is 4.74 Å². The molecule has 134 valence electrons. The van der Waals surface area contributed by atoms with E-state index in [4.69, 9.17) is 4.74 Å². The molecular weight excluding hydrogens is 314 g/mol. The number of benzene rings is 2. The van der Waals surface area contributed by atoms with Crippen LogP contribution in [-0.4, -0.2) is 48.7 Å². The molecule has 1 aliphatic heterocycles. The van der Waals surface area contributed by atoms with Gasteiger partial charge in [-0.1, -0.05) is 60.7 Å². The lowest BCUT2D eigenvalue weighted by atomic mass is 10.0. The molecule has 1 heterocycles. The van der Waals surface area contributed by atoms with Crippen LogP contribution in [0.15, 0.2) is 60.7 Å². The van der Waals surface area contributed by atoms with E-state index in [9.17, 15) is 10.2 Å². The predicted octanol–water partition coefficient (Wildman–Crippen LogP) is 1.19. The minimum absolute atomic E-state index is 0.181. The van der Waals surface area contributed by atoms with Crippen LogP contribution in [0.4, 0.5) is 0 Å². The highest BCUT2D eigenvalue weighted by Crippen LogP contribution is 2.25. The first-order valence-corrected chi connectivity index (χ1v) is 9.13. The van der Waals surface area contributed by atoms with E-state index in [2.05, 4.69) is 24.3 Å². The molecule has 0 saturated carbocycles. The zero-order valence-corrected chi connectivity index (χ0v) is 14.6. The molecule has 3 rings (SSSR count). The Labute approximate surface area is 149 Å². The molecule has 0 bridgehead atoms. The largest absolute Gasteiger partial charge is 0.387 e. The molecule has 0 amide bonds. The Morgan fingerprint density at radius 1 is 1.00 bits per heavy atom. The van der Waals surface area contributed by atoms with Crippen LogP contribution in [0.3, 0.4) is 0 Å². The number of piperidine rings is 1. The van der Waals surface area contributed by atoms with Crippen LogP contribution < -0.4 is 4.90 Å². The van der Waals surface area contributed by atoms with Gasteiger partial charge in [-0.05, 0) is 24.0 Å². The number of rotatable bonds is 7. The number of hydrogen-bond acceptors (Lipinski definition) is 3. The van der Waals surface area contributed by atoms with Gasteiger partial charge in [0.05, 0.1) is 13.2 Å². The van der Waals surface area contributed by atoms with Crippen molar-refractivity contribution in [2.45, 2.75) is 31.2 Å². The molecule has 3 atom stereocenters. The van der Waals surface area contributed by atoms with Crippen LogP contribution in [0.25, 0.3) is 0 Å². The maximum atomic E-state index is 10.4. The summed E-state index contributed by atoms with van der Waals surface area (Å²) >= 11 is 0. The molecule has 0 aliphatic carbocycles. The number of nitrogens with one attached hydrogen (secondary N) is 1. The molecule has 1 fully saturated rings. The van der Waals surface area contributed by atoms with Crippen molar-refractivity contribution in [2.75, 3.05) is 26.2 Å². The van der Waals surface area contributed by atoms with Gasteiger partial charge in [0.25, 0.3) is 0 Å². The molecule has 3 N–H and O–H groups in total. The fraction of sp³-hybridized carbons (Fsp3) is 0.429. The van der Waals surface area contributed by atoms with Crippen molar-refractivity contribution in [3.63, 3.8) is 0 Å². The van der Waals surface area contributed by atoms with Crippen LogP contribution in [0.1, 0.15) is 30.1 Å². The Hall–Kier alpha value is -1.72. The van der Waals surface area contributed by atoms with E-state index in [1.54, 1.807) is 0 Å². The van der Waals surface area contributed by atoms with Gasteiger partial charge in [0, 0.05) is 0 Å². The molecule has 2 aromatic carbocycles. The van der Waals surface area contributed by atoms with Gasteiger partial charge >= 0.3 is 0 Å². The molecule has 1 aliphatic rings. The van der Waals surface area contributed by atoms with Crippen LogP contribution >= 0.6 is 0 Å². The van der Waals surface area contributed by atoms with Gasteiger partial charge < -0.3 is 19.8 Å². The highest BCUT2D eigenvalue weighted by atomic mass is 16.5. The maximum Gasteiger partial charge on any atom is 0.126 e. The van der Waals surface area contributed by atoms with Gasteiger partial charge in [0.1, 0.15) is 31.4 Å². The second-order valence-electron chi connectivity index (χ2n) is 6.89. The summed E-state index contributed by atoms with van der Waals surface area (Å²) in [4.78, 5) is 1.26. The monoisotopic (exact) mass is 342 g/mol. The summed E-state index contributed by atoms with van der Waals surface area (Å²) in [5, 5.41) is 20.2. The van der Waals surface area contributed by atoms with Crippen molar-refractivity contribution in [3.8, 4) is 0 Å². The van der Waals surface area contributed by atoms with Gasteiger partial charge in [-0.15, -0.1) is 0 Å². The first kappa shape index (κ1) is 18.1. The minimum Gasteiger partial charge on any atom is -0.387 e. The highest BCUT2D eigenvalue weighted by Gasteiger charge is 2.24. The third-order valence-electron chi connectivity index (χ3n) is 4.78. The highest BCUT2D eigenvalue weighted by molar-refractivity contribution is 5.29. The van der Waals surface area contributed by atoms with E-state index < -0.39 is 6.10 Å². The lowest BCUT2D eigenvalue weighted by molar-refractivity contribution is -0.911. The minimum atomic E-state index is -0.532. The second kappa shape index (κ2) is 9.11. The summed E-state index contributed by atoms with van der Waals surface area (Å²) < 4.78 is 6.12. The molecule has 1 unspecified atom stereocenters. The number of aliphatic hydroxyl groups excluding tert-OH is 2. The molecular formula is C21H28NO3+. The average Bonchev–Trinajstić information content (AvgIpc) is 2.64. The van der Waals surface area contributed by atoms with E-state index >= 15 is 0 Å². The predicted molar refractivity (Wildman–Crippen MR) is 97.5 cm³/mol. The Morgan fingerprint density at radius 2 is 1.60 bits per heavy atom. The SMILES string of the molecule is O[C@H](COC(c1ccccc1)c1ccccc1)C[NH+]1CCC[C@H](O)C1. The molecule has 1 saturated heterocycles. The molecule has 0 aromatic heterocycles. The van der Waals surface area contributed by atoms with Gasteiger partial charge in [-0.3, -0.25) is 0 Å². The molecule has 25 heavy (non-hydrogen) atoms. The number of ether oxygens (including phenoxy) is 1. The Kier molecular flexibility index (Phi) is 6.59. The lowest BCUT2D eigenvalue weighted by Crippen LogP contribution is -3.15. The summed E-state index contributed by atoms with van der Waals surface area (Å²) in [5.74, 6) is 0. The van der Waals surface area contributed by atoms with Gasteiger partial charge in [-0.2, -0.15) is 0 Å². The van der Waals surface area contributed by atoms with Crippen molar-refractivity contribution in [1.82, 2.24) is 0 Å². The Morgan fingerprint density at radius 3 is 2.16 bits per heavy atom. The average molecular weight is 342 g/mol. The molecule has 2 aromatic rings. The number of hydrogen-bond donors (Lipinski definition) is 3. The maximum absolute atomic E-state index is 10.4. The van der Waals surface area contributed by atoms with E-state index in [1.807, 2.05) is 36.4 Å². The van der Waals surface area contributed by atoms with Crippen molar-refractivity contribution in [3.05, 3.63) is 71.8 Å². The topological polar surface area (TPSA) is 54.1 Å². The number of likely N-dealkylation sites (tertiary alicyclic amines) is 1. The summed E-state index contributed by atoms with van der Waals surface area (Å²) in [5.41, 5.74) is 2.17. The van der Waals surface area contributed by atoms with Gasteiger partial charge in [0.15, 0.2) is 0 Å². The normalized spacial score (nSPS) is 22.0. The van der Waals surface area contributed by atoms with Crippen molar-refractivity contribution in [2.24, 2.45) is 0 Å². The molecule has 0 spiro atoms. The molecule has 0 radical (unpaired) electrons. The quantitative estimate of drug-likeness (QED) is 0.709. The molecule has 4 nitrogen and oxygen atoms in total. The number of quaternary nitrogens is 1. The van der Waals surface area contributed by atoms with Crippen LogP contribution in [0.2, 0.25) is 0 Å². The number of aliphatic hydroxyl groups is 2. The summed E-state index contributed by atoms with van der Waals surface area (Å²) in [6.07, 6.45) is 0.938. The summed E-state index contributed by atoms with van der Waals surface area (Å²) in [6.45, 7) is 2.63. The third kappa shape index (κ3) is 5.38. The first-order chi connectivity index (χ1) is 12.2. The Bertz CT molecular complexity index is 580. The van der Waals surface area contributed by atoms with Crippen molar-refractivity contribution < 1.29 is 19.8 Å². The zero-order valence-electron chi connectivity index (χ0n) is 14.6. The van der Waals surface area contributed by atoms with Crippen molar-refractivity contribution in [1.29, 1.82) is 0 Å². The fourth-order valence-electron chi connectivity index (χ4n) is 3.55. The first-order valence-electron chi connectivity index (χ1n) is 9.13. The lowest BCUT2D eigenvalue weighted by Gasteiger charge is -2.29. The Balaban J connectivity index is 1.61. The van der Waals surface area contributed by atoms with Gasteiger partial charge in [0.2, 0.25) is 0 Å². The van der Waals surface area contributed by atoms with Crippen LogP contribution in [0, 0.1) is 0 Å². The smallest absolute Gasteiger partial charge is 0.126 e. The summed E-state index contributed by atoms with van der Waals surface area (Å²) in [6, 6.07) is 20.2. The van der Waals surface area contributed by atoms with E-state index in [0.717, 1.165) is 37.1 Å². The standard InChI is InChI=1S/C21H27NO3/c23-19-12-7-13-22(14-19)15-20(24)16-25-21(17-8-3-1-4-9-17)18-10-5-2-6-11-18/h1-6,8-11,19-21,23-24H,7,12-16H2/p+1/t19-,20-/m0/s1. The zero-order chi connectivity index (χ0) is 17.5. The van der Waals surface area contributed by atoms with E-state index in [-0.39, 0.29) is 18.8 Å². The second-order valence-corrected chi connectivity index (χ2v) is 6.89. The molecule has 4 heteroatoms. The fourth-order valence-corrected chi connectivity index (χ4v) is 3.55.